The van der Waals surface area contributed by atoms with Gasteiger partial charge < -0.3 is 10.1 Å². The maximum absolute atomic E-state index is 13.8. The number of hydrogen-bond donors (Lipinski definition) is 1. The Labute approximate surface area is 235 Å². The number of nitrogens with one attached hydrogen (secondary N) is 1. The molecule has 0 aliphatic carbocycles. The molecule has 3 aliphatic rings. The van der Waals surface area contributed by atoms with Gasteiger partial charge in [-0.2, -0.15) is 17.5 Å². The molecular formula is C28H32F5N3O4S. The number of carbonyl (C=O) groups excluding carboxylic acids is 1. The molecule has 3 heterocycles. The highest BCUT2D eigenvalue weighted by Gasteiger charge is 2.39. The smallest absolute Gasteiger partial charge is 0.416 e. The zero-order valence-electron chi connectivity index (χ0n) is 22.3. The molecule has 2 aromatic carbocycles. The van der Waals surface area contributed by atoms with Crippen molar-refractivity contribution in [2.24, 2.45) is 0 Å². The monoisotopic (exact) mass is 601 g/mol. The van der Waals surface area contributed by atoms with Crippen molar-refractivity contribution < 1.29 is 39.9 Å². The SMILES string of the molecule is O=C(C[C@@H]1CCCN1S(=O)(=O)c1cccc(C(F)(F)F)c1)N[C@@H]1CCOc2cc(CN3CCCC(F)(F)C3)ccc21. The molecule has 0 unspecified atom stereocenters. The molecule has 7 nitrogen and oxygen atoms in total. The molecule has 1 N–H and O–H groups in total. The Balaban J connectivity index is 1.23. The number of piperidine rings is 1. The van der Waals surface area contributed by atoms with E-state index in [9.17, 15) is 35.2 Å². The number of likely N-dealkylation sites (tertiary alicyclic amines) is 1. The third-order valence-electron chi connectivity index (χ3n) is 7.84. The van der Waals surface area contributed by atoms with Crippen LogP contribution in [-0.4, -0.2) is 61.7 Å². The van der Waals surface area contributed by atoms with Crippen molar-refractivity contribution in [3.8, 4) is 5.75 Å². The zero-order valence-corrected chi connectivity index (χ0v) is 23.1. The van der Waals surface area contributed by atoms with Crippen LogP contribution in [0.4, 0.5) is 22.0 Å². The largest absolute Gasteiger partial charge is 0.493 e. The third kappa shape index (κ3) is 6.83. The summed E-state index contributed by atoms with van der Waals surface area (Å²) in [7, 11) is -4.24. The van der Waals surface area contributed by atoms with E-state index in [4.69, 9.17) is 4.74 Å². The molecule has 13 heteroatoms. The van der Waals surface area contributed by atoms with Gasteiger partial charge in [0.1, 0.15) is 5.75 Å². The zero-order chi connectivity index (χ0) is 29.4. The highest BCUT2D eigenvalue weighted by molar-refractivity contribution is 7.89. The molecule has 2 atom stereocenters. The summed E-state index contributed by atoms with van der Waals surface area (Å²) in [4.78, 5) is 14.3. The van der Waals surface area contributed by atoms with Crippen molar-refractivity contribution in [2.75, 3.05) is 26.2 Å². The van der Waals surface area contributed by atoms with E-state index in [1.807, 2.05) is 12.1 Å². The van der Waals surface area contributed by atoms with E-state index >= 15 is 0 Å². The number of nitrogens with zero attached hydrogens (tertiary/aromatic N) is 2. The summed E-state index contributed by atoms with van der Waals surface area (Å²) in [5.74, 6) is -2.50. The molecule has 2 saturated heterocycles. The van der Waals surface area contributed by atoms with Crippen molar-refractivity contribution in [2.45, 2.75) is 74.1 Å². The Morgan fingerprint density at radius 3 is 2.63 bits per heavy atom. The van der Waals surface area contributed by atoms with Gasteiger partial charge in [-0.05, 0) is 55.6 Å². The molecule has 0 aromatic heterocycles. The highest BCUT2D eigenvalue weighted by Crippen LogP contribution is 2.36. The van der Waals surface area contributed by atoms with E-state index in [0.29, 0.717) is 57.2 Å². The fraction of sp³-hybridized carbons (Fsp3) is 0.536. The third-order valence-corrected chi connectivity index (χ3v) is 9.79. The van der Waals surface area contributed by atoms with Gasteiger partial charge in [0.25, 0.3) is 5.92 Å². The Morgan fingerprint density at radius 1 is 1.07 bits per heavy atom. The first-order chi connectivity index (χ1) is 19.3. The predicted octanol–water partition coefficient (Wildman–Crippen LogP) is 5.12. The van der Waals surface area contributed by atoms with E-state index < -0.39 is 38.6 Å². The van der Waals surface area contributed by atoms with Crippen LogP contribution in [0.2, 0.25) is 0 Å². The number of sulfonamides is 1. The van der Waals surface area contributed by atoms with Crippen LogP contribution in [0.15, 0.2) is 47.4 Å². The average molecular weight is 602 g/mol. The molecular weight excluding hydrogens is 569 g/mol. The van der Waals surface area contributed by atoms with Crippen molar-refractivity contribution in [3.63, 3.8) is 0 Å². The first-order valence-electron chi connectivity index (χ1n) is 13.7. The molecule has 0 spiro atoms. The minimum atomic E-state index is -4.68. The fourth-order valence-electron chi connectivity index (χ4n) is 5.89. The Morgan fingerprint density at radius 2 is 1.88 bits per heavy atom. The Kier molecular flexibility index (Phi) is 8.32. The van der Waals surface area contributed by atoms with E-state index in [1.165, 1.54) is 0 Å². The van der Waals surface area contributed by atoms with Gasteiger partial charge in [-0.15, -0.1) is 0 Å². The van der Waals surface area contributed by atoms with Gasteiger partial charge in [-0.25, -0.2) is 17.2 Å². The van der Waals surface area contributed by atoms with Crippen molar-refractivity contribution in [3.05, 3.63) is 59.2 Å². The van der Waals surface area contributed by atoms with Crippen LogP contribution in [0, 0.1) is 0 Å². The summed E-state index contributed by atoms with van der Waals surface area (Å²) in [5, 5.41) is 2.96. The molecule has 3 aliphatic heterocycles. The summed E-state index contributed by atoms with van der Waals surface area (Å²) in [6.45, 7) is 1.12. The lowest BCUT2D eigenvalue weighted by atomic mass is 9.97. The minimum absolute atomic E-state index is 0.103. The van der Waals surface area contributed by atoms with Crippen LogP contribution in [0.5, 0.6) is 5.75 Å². The van der Waals surface area contributed by atoms with Gasteiger partial charge in [-0.1, -0.05) is 18.2 Å². The number of fused-ring (bicyclic) bond motifs is 1. The lowest BCUT2D eigenvalue weighted by Gasteiger charge is -2.33. The average Bonchev–Trinajstić information content (AvgIpc) is 3.36. The first-order valence-corrected chi connectivity index (χ1v) is 15.1. The normalized spacial score (nSPS) is 23.5. The number of carbonyl (C=O) groups is 1. The lowest BCUT2D eigenvalue weighted by Crippen LogP contribution is -2.42. The lowest BCUT2D eigenvalue weighted by molar-refractivity contribution is -0.137. The number of benzene rings is 2. The van der Waals surface area contributed by atoms with Gasteiger partial charge in [0, 0.05) is 44.0 Å². The van der Waals surface area contributed by atoms with E-state index in [1.54, 1.807) is 11.0 Å². The second-order valence-electron chi connectivity index (χ2n) is 10.9. The fourth-order valence-corrected chi connectivity index (χ4v) is 7.63. The summed E-state index contributed by atoms with van der Waals surface area (Å²) in [6, 6.07) is 8.02. The number of amides is 1. The minimum Gasteiger partial charge on any atom is -0.493 e. The van der Waals surface area contributed by atoms with Crippen molar-refractivity contribution in [1.29, 1.82) is 0 Å². The molecule has 224 valence electrons. The van der Waals surface area contributed by atoms with Crippen LogP contribution in [-0.2, 0) is 27.5 Å². The van der Waals surface area contributed by atoms with E-state index in [-0.39, 0.29) is 37.9 Å². The molecule has 2 fully saturated rings. The van der Waals surface area contributed by atoms with E-state index in [0.717, 1.165) is 33.6 Å². The quantitative estimate of drug-likeness (QED) is 0.446. The van der Waals surface area contributed by atoms with Crippen LogP contribution in [0.3, 0.4) is 0 Å². The molecule has 0 radical (unpaired) electrons. The number of rotatable bonds is 7. The molecule has 5 rings (SSSR count). The predicted molar refractivity (Wildman–Crippen MR) is 140 cm³/mol. The maximum Gasteiger partial charge on any atom is 0.416 e. The van der Waals surface area contributed by atoms with Gasteiger partial charge in [-0.3, -0.25) is 9.69 Å². The number of hydrogen-bond acceptors (Lipinski definition) is 5. The standard InChI is InChI=1S/C28H32F5N3O4S/c29-27(30)10-3-11-35(18-27)17-19-7-8-23-24(9-13-40-25(23)14-19)34-26(37)16-21-5-2-12-36(21)41(38,39)22-6-1-4-20(15-22)28(31,32)33/h1,4,6-8,14-15,21,24H,2-3,5,9-13,16-18H2,(H,34,37)/t21-,24+/m0/s1. The maximum atomic E-state index is 13.8. The van der Waals surface area contributed by atoms with E-state index in [2.05, 4.69) is 5.32 Å². The topological polar surface area (TPSA) is 79.0 Å². The van der Waals surface area contributed by atoms with Crippen LogP contribution < -0.4 is 10.1 Å². The number of halogens is 5. The Hall–Kier alpha value is -2.77. The second kappa shape index (κ2) is 11.5. The second-order valence-corrected chi connectivity index (χ2v) is 12.8. The van der Waals surface area contributed by atoms with Crippen LogP contribution in [0.1, 0.15) is 61.3 Å². The van der Waals surface area contributed by atoms with Gasteiger partial charge in [0.05, 0.1) is 29.7 Å². The van der Waals surface area contributed by atoms with Crippen molar-refractivity contribution in [1.82, 2.24) is 14.5 Å². The molecule has 1 amide bonds. The summed E-state index contributed by atoms with van der Waals surface area (Å²) in [6.07, 6.45) is -3.09. The van der Waals surface area contributed by atoms with Gasteiger partial charge in [0.15, 0.2) is 0 Å². The molecule has 2 aromatic rings. The molecule has 41 heavy (non-hydrogen) atoms. The summed E-state index contributed by atoms with van der Waals surface area (Å²) < 4.78 is 100. The summed E-state index contributed by atoms with van der Waals surface area (Å²) >= 11 is 0. The van der Waals surface area contributed by atoms with Crippen LogP contribution >= 0.6 is 0 Å². The first kappa shape index (κ1) is 29.7. The van der Waals surface area contributed by atoms with Gasteiger partial charge in [0.2, 0.25) is 15.9 Å². The number of alkyl halides is 5. The van der Waals surface area contributed by atoms with Crippen LogP contribution in [0.25, 0.3) is 0 Å². The molecule has 0 bridgehead atoms. The van der Waals surface area contributed by atoms with Crippen molar-refractivity contribution >= 4 is 15.9 Å². The summed E-state index contributed by atoms with van der Waals surface area (Å²) in [5.41, 5.74) is 0.522. The Bertz CT molecular complexity index is 1390. The number of ether oxygens (including phenoxy) is 1. The highest BCUT2D eigenvalue weighted by atomic mass is 32.2. The molecule has 0 saturated carbocycles. The van der Waals surface area contributed by atoms with Gasteiger partial charge >= 0.3 is 6.18 Å².